The van der Waals surface area contributed by atoms with E-state index >= 15 is 0 Å². The summed E-state index contributed by atoms with van der Waals surface area (Å²) in [4.78, 5) is 4.33. The Bertz CT molecular complexity index is 695. The topological polar surface area (TPSA) is 54.9 Å². The maximum absolute atomic E-state index is 5.66. The van der Waals surface area contributed by atoms with Gasteiger partial charge in [-0.2, -0.15) is 0 Å². The largest absolute Gasteiger partial charge is 0.491 e. The molecular formula is C22H32IN3O2. The predicted molar refractivity (Wildman–Crippen MR) is 127 cm³/mol. The fourth-order valence-corrected chi connectivity index (χ4v) is 2.70. The fraction of sp³-hybridized carbons (Fsp3) is 0.409. The summed E-state index contributed by atoms with van der Waals surface area (Å²) in [6.07, 6.45) is 2.10. The van der Waals surface area contributed by atoms with Gasteiger partial charge in [-0.25, -0.2) is 0 Å². The van der Waals surface area contributed by atoms with Crippen LogP contribution < -0.4 is 15.4 Å². The second kappa shape index (κ2) is 14.2. The van der Waals surface area contributed by atoms with Crippen molar-refractivity contribution >= 4 is 29.9 Å². The van der Waals surface area contributed by atoms with Gasteiger partial charge in [-0.05, 0) is 43.0 Å². The molecule has 0 saturated heterocycles. The number of guanidine groups is 1. The molecule has 0 aliphatic carbocycles. The number of benzene rings is 2. The normalized spacial score (nSPS) is 12.0. The summed E-state index contributed by atoms with van der Waals surface area (Å²) in [6, 6.07) is 19.0. The molecule has 2 rings (SSSR count). The highest BCUT2D eigenvalue weighted by molar-refractivity contribution is 14.0. The Kier molecular flexibility index (Phi) is 12.3. The van der Waals surface area contributed by atoms with Crippen LogP contribution in [-0.4, -0.2) is 39.4 Å². The molecule has 28 heavy (non-hydrogen) atoms. The van der Waals surface area contributed by atoms with Crippen LogP contribution in [0.15, 0.2) is 59.6 Å². The molecule has 0 spiro atoms. The summed E-state index contributed by atoms with van der Waals surface area (Å²) >= 11 is 0. The van der Waals surface area contributed by atoms with E-state index in [4.69, 9.17) is 9.47 Å². The number of halogens is 1. The lowest BCUT2D eigenvalue weighted by molar-refractivity contribution is 0.146. The minimum Gasteiger partial charge on any atom is -0.491 e. The Morgan fingerprint density at radius 1 is 1.04 bits per heavy atom. The number of nitrogens with zero attached hydrogens (tertiary/aromatic N) is 1. The third-order valence-corrected chi connectivity index (χ3v) is 4.23. The zero-order valence-corrected chi connectivity index (χ0v) is 19.3. The van der Waals surface area contributed by atoms with Gasteiger partial charge in [0.15, 0.2) is 5.96 Å². The van der Waals surface area contributed by atoms with Crippen molar-refractivity contribution in [3.8, 4) is 5.75 Å². The number of hydrogen-bond donors (Lipinski definition) is 2. The third kappa shape index (κ3) is 9.41. The average Bonchev–Trinajstić information content (AvgIpc) is 2.71. The van der Waals surface area contributed by atoms with Crippen LogP contribution in [-0.2, 0) is 17.7 Å². The number of aliphatic imine (C=N–C) groups is 1. The first-order chi connectivity index (χ1) is 13.2. The van der Waals surface area contributed by atoms with Crippen LogP contribution in [0.5, 0.6) is 5.75 Å². The number of hydrogen-bond acceptors (Lipinski definition) is 3. The molecule has 0 fully saturated rings. The molecule has 2 aromatic carbocycles. The van der Waals surface area contributed by atoms with E-state index < -0.39 is 0 Å². The quantitative estimate of drug-likeness (QED) is 0.226. The zero-order valence-electron chi connectivity index (χ0n) is 17.0. The maximum Gasteiger partial charge on any atom is 0.191 e. The molecule has 2 N–H and O–H groups in total. The van der Waals surface area contributed by atoms with E-state index in [1.54, 1.807) is 14.2 Å². The summed E-state index contributed by atoms with van der Waals surface area (Å²) in [7, 11) is 3.46. The second-order valence-corrected chi connectivity index (χ2v) is 6.48. The Balaban J connectivity index is 0.00000392. The van der Waals surface area contributed by atoms with Gasteiger partial charge in [0.1, 0.15) is 12.4 Å². The lowest BCUT2D eigenvalue weighted by Crippen LogP contribution is -2.42. The molecular weight excluding hydrogens is 465 g/mol. The van der Waals surface area contributed by atoms with Gasteiger partial charge >= 0.3 is 0 Å². The molecule has 0 aliphatic rings. The van der Waals surface area contributed by atoms with E-state index in [-0.39, 0.29) is 24.0 Å². The van der Waals surface area contributed by atoms with E-state index in [1.807, 2.05) is 18.2 Å². The van der Waals surface area contributed by atoms with Crippen molar-refractivity contribution in [1.82, 2.24) is 10.6 Å². The lowest BCUT2D eigenvalue weighted by atomic mass is 10.1. The Hall–Kier alpha value is -1.80. The highest BCUT2D eigenvalue weighted by Crippen LogP contribution is 2.13. The molecule has 1 atom stereocenters. The monoisotopic (exact) mass is 497 g/mol. The van der Waals surface area contributed by atoms with Gasteiger partial charge in [0.25, 0.3) is 0 Å². The van der Waals surface area contributed by atoms with E-state index in [0.717, 1.165) is 30.1 Å². The molecule has 2 aromatic rings. The summed E-state index contributed by atoms with van der Waals surface area (Å²) in [5, 5.41) is 6.82. The van der Waals surface area contributed by atoms with Crippen LogP contribution in [0.3, 0.4) is 0 Å². The van der Waals surface area contributed by atoms with Crippen molar-refractivity contribution in [3.05, 3.63) is 65.7 Å². The molecule has 0 radical (unpaired) electrons. The Morgan fingerprint density at radius 2 is 1.79 bits per heavy atom. The number of methoxy groups -OCH3 is 1. The fourth-order valence-electron chi connectivity index (χ4n) is 2.70. The number of aryl methyl sites for hydroxylation is 1. The molecule has 0 amide bonds. The minimum absolute atomic E-state index is 0. The van der Waals surface area contributed by atoms with Crippen LogP contribution in [0.2, 0.25) is 0 Å². The van der Waals surface area contributed by atoms with Gasteiger partial charge in [-0.3, -0.25) is 4.99 Å². The summed E-state index contributed by atoms with van der Waals surface area (Å²) in [6.45, 7) is 4.00. The van der Waals surface area contributed by atoms with Gasteiger partial charge in [0, 0.05) is 26.7 Å². The maximum atomic E-state index is 5.66. The van der Waals surface area contributed by atoms with Gasteiger partial charge in [-0.15, -0.1) is 24.0 Å². The predicted octanol–water partition coefficient (Wildman–Crippen LogP) is 4.02. The Labute approximate surface area is 186 Å². The van der Waals surface area contributed by atoms with Crippen LogP contribution in [0.1, 0.15) is 24.5 Å². The van der Waals surface area contributed by atoms with E-state index in [9.17, 15) is 0 Å². The summed E-state index contributed by atoms with van der Waals surface area (Å²) in [5.41, 5.74) is 2.50. The summed E-state index contributed by atoms with van der Waals surface area (Å²) < 4.78 is 10.7. The van der Waals surface area contributed by atoms with Crippen molar-refractivity contribution in [2.45, 2.75) is 32.4 Å². The molecule has 154 valence electrons. The van der Waals surface area contributed by atoms with Crippen LogP contribution in [0, 0.1) is 0 Å². The van der Waals surface area contributed by atoms with E-state index in [2.05, 4.69) is 58.9 Å². The number of nitrogens with one attached hydrogen (secondary N) is 2. The van der Waals surface area contributed by atoms with E-state index in [1.165, 1.54) is 5.56 Å². The number of rotatable bonds is 10. The van der Waals surface area contributed by atoms with Crippen molar-refractivity contribution in [3.63, 3.8) is 0 Å². The standard InChI is InChI=1S/C22H31N3O2.HI/c1-18(12-13-19-8-5-4-6-9-19)25-22(23-2)24-17-20-10-7-11-21(16-20)27-15-14-26-3;/h4-11,16,18H,12-15,17H2,1-3H3,(H2,23,24,25);1H. The molecule has 1 unspecified atom stereocenters. The molecule has 0 heterocycles. The smallest absolute Gasteiger partial charge is 0.191 e. The first-order valence-corrected chi connectivity index (χ1v) is 9.43. The van der Waals surface area contributed by atoms with Crippen LogP contribution in [0.4, 0.5) is 0 Å². The molecule has 0 saturated carbocycles. The van der Waals surface area contributed by atoms with Crippen molar-refractivity contribution in [2.24, 2.45) is 4.99 Å². The molecule has 6 heteroatoms. The average molecular weight is 497 g/mol. The number of ether oxygens (including phenoxy) is 2. The van der Waals surface area contributed by atoms with Crippen molar-refractivity contribution < 1.29 is 9.47 Å². The highest BCUT2D eigenvalue weighted by atomic mass is 127. The van der Waals surface area contributed by atoms with Crippen molar-refractivity contribution in [1.29, 1.82) is 0 Å². The highest BCUT2D eigenvalue weighted by Gasteiger charge is 2.06. The van der Waals surface area contributed by atoms with Gasteiger partial charge in [0.2, 0.25) is 0 Å². The van der Waals surface area contributed by atoms with Crippen LogP contribution >= 0.6 is 24.0 Å². The van der Waals surface area contributed by atoms with Crippen LogP contribution in [0.25, 0.3) is 0 Å². The molecule has 0 bridgehead atoms. The van der Waals surface area contributed by atoms with Gasteiger partial charge in [0.05, 0.1) is 6.61 Å². The zero-order chi connectivity index (χ0) is 19.3. The van der Waals surface area contributed by atoms with Gasteiger partial charge < -0.3 is 20.1 Å². The minimum atomic E-state index is 0. The van der Waals surface area contributed by atoms with E-state index in [0.29, 0.717) is 25.8 Å². The molecule has 0 aliphatic heterocycles. The third-order valence-electron chi connectivity index (χ3n) is 4.23. The second-order valence-electron chi connectivity index (χ2n) is 6.48. The molecule has 5 nitrogen and oxygen atoms in total. The SMILES string of the molecule is CN=C(NCc1cccc(OCCOC)c1)NC(C)CCc1ccccc1.I. The van der Waals surface area contributed by atoms with Crippen molar-refractivity contribution in [2.75, 3.05) is 27.4 Å². The molecule has 0 aromatic heterocycles. The first-order valence-electron chi connectivity index (χ1n) is 9.43. The summed E-state index contributed by atoms with van der Waals surface area (Å²) in [5.74, 6) is 1.66. The lowest BCUT2D eigenvalue weighted by Gasteiger charge is -2.18. The first kappa shape index (κ1) is 24.2. The van der Waals surface area contributed by atoms with Gasteiger partial charge in [-0.1, -0.05) is 42.5 Å². The Morgan fingerprint density at radius 3 is 2.50 bits per heavy atom.